The number of nitrogens with zero attached hydrogens (tertiary/aromatic N) is 1. The van der Waals surface area contributed by atoms with Crippen LogP contribution in [-0.2, 0) is 9.53 Å². The summed E-state index contributed by atoms with van der Waals surface area (Å²) in [7, 11) is 0. The van der Waals surface area contributed by atoms with E-state index in [-0.39, 0.29) is 0 Å². The van der Waals surface area contributed by atoms with E-state index in [1.54, 1.807) is 0 Å². The first-order valence-electron chi connectivity index (χ1n) is 6.33. The summed E-state index contributed by atoms with van der Waals surface area (Å²) in [5.74, 6) is -0.600. The molecule has 0 aliphatic carbocycles. The van der Waals surface area contributed by atoms with Gasteiger partial charge in [-0.1, -0.05) is 48.5 Å². The van der Waals surface area contributed by atoms with Crippen LogP contribution in [-0.4, -0.2) is 23.0 Å². The fourth-order valence-electron chi connectivity index (χ4n) is 2.21. The van der Waals surface area contributed by atoms with E-state index >= 15 is 0 Å². The van der Waals surface area contributed by atoms with Gasteiger partial charge in [0.15, 0.2) is 12.1 Å². The van der Waals surface area contributed by atoms with E-state index in [0.29, 0.717) is 5.90 Å². The van der Waals surface area contributed by atoms with Crippen LogP contribution < -0.4 is 0 Å². The lowest BCUT2D eigenvalue weighted by molar-refractivity contribution is -0.140. The predicted octanol–water partition coefficient (Wildman–Crippen LogP) is 2.66. The topological polar surface area (TPSA) is 58.9 Å². The number of aliphatic imine (C=N–C) groups is 1. The number of aliphatic carboxylic acids is 1. The molecule has 3 rings (SSSR count). The van der Waals surface area contributed by atoms with Crippen molar-refractivity contribution in [3.05, 3.63) is 71.8 Å². The van der Waals surface area contributed by atoms with Gasteiger partial charge in [-0.2, -0.15) is 0 Å². The first-order valence-corrected chi connectivity index (χ1v) is 6.33. The van der Waals surface area contributed by atoms with Crippen LogP contribution in [0.15, 0.2) is 65.7 Å². The van der Waals surface area contributed by atoms with Crippen LogP contribution >= 0.6 is 0 Å². The molecule has 2 aromatic rings. The van der Waals surface area contributed by atoms with Crippen LogP contribution in [0.3, 0.4) is 0 Å². The second-order valence-corrected chi connectivity index (χ2v) is 4.53. The number of carboxylic acids is 1. The summed E-state index contributed by atoms with van der Waals surface area (Å²) < 4.78 is 5.78. The Morgan fingerprint density at radius 2 is 1.60 bits per heavy atom. The quantitative estimate of drug-likeness (QED) is 0.930. The largest absolute Gasteiger partial charge is 0.480 e. The monoisotopic (exact) mass is 267 g/mol. The number of benzene rings is 2. The normalized spacial score (nSPS) is 21.1. The standard InChI is InChI=1S/C16H13NO3/c18-16(19)13-14(11-7-3-1-4-8-11)20-15(17-13)12-9-5-2-6-10-12/h1-10,13-14H,(H,18,19). The van der Waals surface area contributed by atoms with E-state index < -0.39 is 18.1 Å². The molecule has 1 N–H and O–H groups in total. The van der Waals surface area contributed by atoms with Gasteiger partial charge in [0.1, 0.15) is 0 Å². The van der Waals surface area contributed by atoms with Gasteiger partial charge in [-0.05, 0) is 17.7 Å². The molecule has 0 aromatic heterocycles. The van der Waals surface area contributed by atoms with Crippen molar-refractivity contribution in [2.75, 3.05) is 0 Å². The third kappa shape index (κ3) is 2.28. The first kappa shape index (κ1) is 12.4. The molecule has 0 saturated heterocycles. The summed E-state index contributed by atoms with van der Waals surface area (Å²) in [6, 6.07) is 17.7. The lowest BCUT2D eigenvalue weighted by Crippen LogP contribution is -2.23. The molecule has 0 bridgehead atoms. The average Bonchev–Trinajstić information content (AvgIpc) is 2.94. The molecule has 100 valence electrons. The van der Waals surface area contributed by atoms with E-state index in [1.165, 1.54) is 0 Å². The third-order valence-corrected chi connectivity index (χ3v) is 3.18. The van der Waals surface area contributed by atoms with Crippen molar-refractivity contribution in [1.82, 2.24) is 0 Å². The van der Waals surface area contributed by atoms with E-state index in [0.717, 1.165) is 11.1 Å². The van der Waals surface area contributed by atoms with Crippen molar-refractivity contribution >= 4 is 11.9 Å². The van der Waals surface area contributed by atoms with E-state index in [9.17, 15) is 9.90 Å². The van der Waals surface area contributed by atoms with Crippen molar-refractivity contribution in [1.29, 1.82) is 0 Å². The summed E-state index contributed by atoms with van der Waals surface area (Å²) >= 11 is 0. The molecule has 0 saturated carbocycles. The van der Waals surface area contributed by atoms with Crippen LogP contribution in [0.5, 0.6) is 0 Å². The molecule has 1 heterocycles. The number of ether oxygens (including phenoxy) is 1. The van der Waals surface area contributed by atoms with E-state index in [2.05, 4.69) is 4.99 Å². The molecule has 0 spiro atoms. The Hall–Kier alpha value is -2.62. The van der Waals surface area contributed by atoms with Gasteiger partial charge >= 0.3 is 5.97 Å². The minimum atomic E-state index is -0.982. The van der Waals surface area contributed by atoms with Crippen molar-refractivity contribution in [3.8, 4) is 0 Å². The molecule has 2 aromatic carbocycles. The van der Waals surface area contributed by atoms with Crippen molar-refractivity contribution in [2.24, 2.45) is 4.99 Å². The summed E-state index contributed by atoms with van der Waals surface area (Å²) in [5, 5.41) is 9.32. The third-order valence-electron chi connectivity index (χ3n) is 3.18. The van der Waals surface area contributed by atoms with Gasteiger partial charge in [-0.15, -0.1) is 0 Å². The molecule has 20 heavy (non-hydrogen) atoms. The maximum absolute atomic E-state index is 11.4. The first-order chi connectivity index (χ1) is 9.75. The molecular formula is C16H13NO3. The lowest BCUT2D eigenvalue weighted by atomic mass is 10.0. The predicted molar refractivity (Wildman–Crippen MR) is 74.7 cm³/mol. The Balaban J connectivity index is 1.94. The lowest BCUT2D eigenvalue weighted by Gasteiger charge is -2.15. The molecule has 2 atom stereocenters. The number of carboxylic acid groups (broad SMARTS) is 1. The van der Waals surface area contributed by atoms with E-state index in [1.807, 2.05) is 60.7 Å². The number of carbonyl (C=O) groups is 1. The molecule has 1 aliphatic rings. The summed E-state index contributed by atoms with van der Waals surface area (Å²) in [6.07, 6.45) is -0.580. The highest BCUT2D eigenvalue weighted by Crippen LogP contribution is 2.31. The van der Waals surface area contributed by atoms with Crippen molar-refractivity contribution in [2.45, 2.75) is 12.1 Å². The highest BCUT2D eigenvalue weighted by molar-refractivity contribution is 5.97. The fourth-order valence-corrected chi connectivity index (χ4v) is 2.21. The zero-order valence-electron chi connectivity index (χ0n) is 10.6. The van der Waals surface area contributed by atoms with Crippen LogP contribution in [0, 0.1) is 0 Å². The van der Waals surface area contributed by atoms with Gasteiger partial charge in [0.05, 0.1) is 0 Å². The van der Waals surface area contributed by atoms with E-state index in [4.69, 9.17) is 4.74 Å². The maximum Gasteiger partial charge on any atom is 0.332 e. The number of hydrogen-bond donors (Lipinski definition) is 1. The van der Waals surface area contributed by atoms with Gasteiger partial charge in [0.25, 0.3) is 0 Å². The van der Waals surface area contributed by atoms with Crippen LogP contribution in [0.1, 0.15) is 17.2 Å². The van der Waals surface area contributed by atoms with Gasteiger partial charge in [-0.25, -0.2) is 9.79 Å². The Labute approximate surface area is 116 Å². The molecular weight excluding hydrogens is 254 g/mol. The molecule has 2 unspecified atom stereocenters. The molecule has 4 heteroatoms. The van der Waals surface area contributed by atoms with Crippen LogP contribution in [0.4, 0.5) is 0 Å². The minimum absolute atomic E-state index is 0.381. The van der Waals surface area contributed by atoms with Gasteiger partial charge in [0, 0.05) is 5.56 Å². The zero-order chi connectivity index (χ0) is 13.9. The van der Waals surface area contributed by atoms with Crippen molar-refractivity contribution < 1.29 is 14.6 Å². The highest BCUT2D eigenvalue weighted by atomic mass is 16.5. The van der Waals surface area contributed by atoms with Crippen LogP contribution in [0.2, 0.25) is 0 Å². The summed E-state index contributed by atoms with van der Waals surface area (Å²) in [6.45, 7) is 0. The minimum Gasteiger partial charge on any atom is -0.480 e. The average molecular weight is 267 g/mol. The summed E-state index contributed by atoms with van der Waals surface area (Å²) in [4.78, 5) is 15.6. The smallest absolute Gasteiger partial charge is 0.332 e. The molecule has 4 nitrogen and oxygen atoms in total. The van der Waals surface area contributed by atoms with Crippen molar-refractivity contribution in [3.63, 3.8) is 0 Å². The second-order valence-electron chi connectivity index (χ2n) is 4.53. The molecule has 0 radical (unpaired) electrons. The molecule has 1 aliphatic heterocycles. The Morgan fingerprint density at radius 1 is 1.00 bits per heavy atom. The second kappa shape index (κ2) is 5.17. The highest BCUT2D eigenvalue weighted by Gasteiger charge is 2.37. The summed E-state index contributed by atoms with van der Waals surface area (Å²) in [5.41, 5.74) is 1.60. The Morgan fingerprint density at radius 3 is 2.20 bits per heavy atom. The maximum atomic E-state index is 11.4. The Bertz CT molecular complexity index is 637. The van der Waals surface area contributed by atoms with Crippen LogP contribution in [0.25, 0.3) is 0 Å². The molecule has 0 amide bonds. The zero-order valence-corrected chi connectivity index (χ0v) is 10.6. The van der Waals surface area contributed by atoms with Gasteiger partial charge in [-0.3, -0.25) is 0 Å². The van der Waals surface area contributed by atoms with Gasteiger partial charge in [0.2, 0.25) is 5.90 Å². The molecule has 0 fully saturated rings. The number of hydrogen-bond acceptors (Lipinski definition) is 3. The van der Waals surface area contributed by atoms with Gasteiger partial charge < -0.3 is 9.84 Å². The Kier molecular flexibility index (Phi) is 3.21. The number of rotatable bonds is 3. The fraction of sp³-hybridized carbons (Fsp3) is 0.125. The SMILES string of the molecule is O=C(O)C1N=C(c2ccccc2)OC1c1ccccc1.